The van der Waals surface area contributed by atoms with Gasteiger partial charge in [-0.25, -0.2) is 9.48 Å². The number of aromatic nitrogens is 2. The van der Waals surface area contributed by atoms with Crippen molar-refractivity contribution in [3.63, 3.8) is 0 Å². The maximum atomic E-state index is 11.8. The molecule has 0 unspecified atom stereocenters. The van der Waals surface area contributed by atoms with Crippen LogP contribution in [0.1, 0.15) is 13.3 Å². The van der Waals surface area contributed by atoms with Gasteiger partial charge in [0, 0.05) is 24.6 Å². The van der Waals surface area contributed by atoms with Gasteiger partial charge in [0.25, 0.3) is 0 Å². The Kier molecular flexibility index (Phi) is 5.53. The van der Waals surface area contributed by atoms with Crippen molar-refractivity contribution < 1.29 is 9.59 Å². The van der Waals surface area contributed by atoms with Gasteiger partial charge in [0.05, 0.1) is 12.2 Å². The number of carbonyl (C=O) groups is 2. The molecule has 0 aliphatic carbocycles. The summed E-state index contributed by atoms with van der Waals surface area (Å²) in [5, 5.41) is 12.0. The minimum atomic E-state index is -0.427. The maximum Gasteiger partial charge on any atom is 0.319 e. The summed E-state index contributed by atoms with van der Waals surface area (Å²) < 4.78 is 1.70. The quantitative estimate of drug-likeness (QED) is 0.756. The highest BCUT2D eigenvalue weighted by Crippen LogP contribution is 2.13. The van der Waals surface area contributed by atoms with E-state index in [1.54, 1.807) is 23.0 Å². The zero-order chi connectivity index (χ0) is 15.8. The van der Waals surface area contributed by atoms with Gasteiger partial charge in [-0.1, -0.05) is 13.0 Å². The van der Waals surface area contributed by atoms with E-state index >= 15 is 0 Å². The molecule has 116 valence electrons. The van der Waals surface area contributed by atoms with E-state index in [1.807, 2.05) is 31.3 Å². The number of hydrogen-bond donors (Lipinski definition) is 3. The maximum absolute atomic E-state index is 11.8. The number of nitrogens with one attached hydrogen (secondary N) is 3. The van der Waals surface area contributed by atoms with Gasteiger partial charge in [-0.2, -0.15) is 5.10 Å². The first kappa shape index (κ1) is 15.6. The monoisotopic (exact) mass is 301 g/mol. The summed E-state index contributed by atoms with van der Waals surface area (Å²) in [5.74, 6) is -0.206. The number of urea groups is 1. The van der Waals surface area contributed by atoms with Crippen LogP contribution in [0.15, 0.2) is 42.7 Å². The molecular formula is C15H19N5O2. The van der Waals surface area contributed by atoms with Crippen LogP contribution in [-0.4, -0.2) is 34.8 Å². The normalized spacial score (nSPS) is 10.0. The molecule has 1 aromatic heterocycles. The van der Waals surface area contributed by atoms with Crippen LogP contribution in [0.25, 0.3) is 5.69 Å². The van der Waals surface area contributed by atoms with E-state index in [1.165, 1.54) is 0 Å². The Balaban J connectivity index is 1.87. The molecule has 0 saturated carbocycles. The fourth-order valence-corrected chi connectivity index (χ4v) is 1.81. The predicted octanol–water partition coefficient (Wildman–Crippen LogP) is 1.52. The first-order valence-corrected chi connectivity index (χ1v) is 7.10. The zero-order valence-electron chi connectivity index (χ0n) is 12.4. The van der Waals surface area contributed by atoms with Gasteiger partial charge in [0.2, 0.25) is 5.91 Å². The molecule has 2 aromatic rings. The summed E-state index contributed by atoms with van der Waals surface area (Å²) in [4.78, 5) is 23.2. The van der Waals surface area contributed by atoms with Crippen LogP contribution in [0.2, 0.25) is 0 Å². The number of nitrogens with zero attached hydrogens (tertiary/aromatic N) is 2. The summed E-state index contributed by atoms with van der Waals surface area (Å²) in [5.41, 5.74) is 1.46. The lowest BCUT2D eigenvalue weighted by atomic mass is 10.3. The van der Waals surface area contributed by atoms with Crippen LogP contribution in [0, 0.1) is 0 Å². The number of rotatable bonds is 6. The van der Waals surface area contributed by atoms with Crippen molar-refractivity contribution in [2.75, 3.05) is 18.4 Å². The molecule has 0 aliphatic heterocycles. The van der Waals surface area contributed by atoms with E-state index in [-0.39, 0.29) is 12.5 Å². The molecule has 3 amide bonds. The standard InChI is InChI=1S/C15H19N5O2/c1-2-7-16-14(21)11-17-15(22)19-12-5-3-6-13(10-12)20-9-4-8-18-20/h3-6,8-10H,2,7,11H2,1H3,(H,16,21)(H2,17,19,22). The van der Waals surface area contributed by atoms with E-state index in [2.05, 4.69) is 21.0 Å². The molecule has 2 rings (SSSR count). The second-order valence-electron chi connectivity index (χ2n) is 4.66. The van der Waals surface area contributed by atoms with Crippen LogP contribution in [-0.2, 0) is 4.79 Å². The molecule has 0 atom stereocenters. The summed E-state index contributed by atoms with van der Waals surface area (Å²) in [6.07, 6.45) is 4.36. The van der Waals surface area contributed by atoms with Gasteiger partial charge < -0.3 is 16.0 Å². The summed E-state index contributed by atoms with van der Waals surface area (Å²) in [6.45, 7) is 2.52. The van der Waals surface area contributed by atoms with Gasteiger partial charge in [-0.3, -0.25) is 4.79 Å². The fourth-order valence-electron chi connectivity index (χ4n) is 1.81. The predicted molar refractivity (Wildman–Crippen MR) is 83.9 cm³/mol. The lowest BCUT2D eigenvalue weighted by molar-refractivity contribution is -0.120. The molecular weight excluding hydrogens is 282 g/mol. The second kappa shape index (κ2) is 7.82. The molecule has 22 heavy (non-hydrogen) atoms. The van der Waals surface area contributed by atoms with Gasteiger partial charge in [-0.05, 0) is 30.7 Å². The van der Waals surface area contributed by atoms with E-state index in [0.717, 1.165) is 12.1 Å². The first-order chi connectivity index (χ1) is 10.7. The molecule has 1 aromatic carbocycles. The fraction of sp³-hybridized carbons (Fsp3) is 0.267. The molecule has 7 heteroatoms. The third-order valence-electron chi connectivity index (χ3n) is 2.85. The van der Waals surface area contributed by atoms with Crippen molar-refractivity contribution in [1.82, 2.24) is 20.4 Å². The topological polar surface area (TPSA) is 88.0 Å². The van der Waals surface area contributed by atoms with Gasteiger partial charge in [0.15, 0.2) is 0 Å². The van der Waals surface area contributed by atoms with Crippen molar-refractivity contribution in [2.45, 2.75) is 13.3 Å². The Bertz CT molecular complexity index is 625. The number of benzene rings is 1. The molecule has 0 fully saturated rings. The number of hydrogen-bond acceptors (Lipinski definition) is 3. The Morgan fingerprint density at radius 3 is 2.82 bits per heavy atom. The molecule has 0 aliphatic rings. The van der Waals surface area contributed by atoms with Crippen LogP contribution < -0.4 is 16.0 Å². The minimum Gasteiger partial charge on any atom is -0.355 e. The van der Waals surface area contributed by atoms with Crippen LogP contribution in [0.5, 0.6) is 0 Å². The molecule has 0 radical (unpaired) electrons. The molecule has 7 nitrogen and oxygen atoms in total. The SMILES string of the molecule is CCCNC(=O)CNC(=O)Nc1cccc(-n2cccn2)c1. The van der Waals surface area contributed by atoms with Crippen molar-refractivity contribution >= 4 is 17.6 Å². The van der Waals surface area contributed by atoms with Crippen molar-refractivity contribution in [2.24, 2.45) is 0 Å². The summed E-state index contributed by atoms with van der Waals surface area (Å²) >= 11 is 0. The molecule has 0 bridgehead atoms. The highest BCUT2D eigenvalue weighted by molar-refractivity contribution is 5.92. The Morgan fingerprint density at radius 2 is 2.09 bits per heavy atom. The average Bonchev–Trinajstić information content (AvgIpc) is 3.05. The number of carbonyl (C=O) groups excluding carboxylic acids is 2. The van der Waals surface area contributed by atoms with Crippen molar-refractivity contribution in [1.29, 1.82) is 0 Å². The van der Waals surface area contributed by atoms with Crippen LogP contribution >= 0.6 is 0 Å². The van der Waals surface area contributed by atoms with Crippen molar-refractivity contribution in [3.8, 4) is 5.69 Å². The molecule has 0 saturated heterocycles. The highest BCUT2D eigenvalue weighted by atomic mass is 16.2. The lowest BCUT2D eigenvalue weighted by Crippen LogP contribution is -2.39. The molecule has 3 N–H and O–H groups in total. The Morgan fingerprint density at radius 1 is 1.23 bits per heavy atom. The van der Waals surface area contributed by atoms with Gasteiger partial charge in [0.1, 0.15) is 0 Å². The van der Waals surface area contributed by atoms with E-state index in [9.17, 15) is 9.59 Å². The summed E-state index contributed by atoms with van der Waals surface area (Å²) in [6, 6.07) is 8.66. The molecule has 0 spiro atoms. The van der Waals surface area contributed by atoms with Gasteiger partial charge >= 0.3 is 6.03 Å². The molecule has 1 heterocycles. The van der Waals surface area contributed by atoms with E-state index in [0.29, 0.717) is 12.2 Å². The number of anilines is 1. The second-order valence-corrected chi connectivity index (χ2v) is 4.66. The minimum absolute atomic E-state index is 0.0509. The van der Waals surface area contributed by atoms with Gasteiger partial charge in [-0.15, -0.1) is 0 Å². The van der Waals surface area contributed by atoms with E-state index in [4.69, 9.17) is 0 Å². The third-order valence-corrected chi connectivity index (χ3v) is 2.85. The lowest BCUT2D eigenvalue weighted by Gasteiger charge is -2.09. The van der Waals surface area contributed by atoms with Crippen LogP contribution in [0.4, 0.5) is 10.5 Å². The first-order valence-electron chi connectivity index (χ1n) is 7.10. The highest BCUT2D eigenvalue weighted by Gasteiger charge is 2.06. The van der Waals surface area contributed by atoms with Crippen molar-refractivity contribution in [3.05, 3.63) is 42.7 Å². The zero-order valence-corrected chi connectivity index (χ0v) is 12.4. The largest absolute Gasteiger partial charge is 0.355 e. The van der Waals surface area contributed by atoms with Crippen LogP contribution in [0.3, 0.4) is 0 Å². The Hall–Kier alpha value is -2.83. The summed E-state index contributed by atoms with van der Waals surface area (Å²) in [7, 11) is 0. The van der Waals surface area contributed by atoms with E-state index < -0.39 is 6.03 Å². The number of amides is 3. The smallest absolute Gasteiger partial charge is 0.319 e. The third kappa shape index (κ3) is 4.62. The Labute approximate surface area is 128 Å². The average molecular weight is 301 g/mol.